The molecule has 0 rings (SSSR count). The standard InChI is InChI=1S/C30H58O4/c1-25(2)21-17-13-9-5-7-11-15-19-23-27(29(31)32)28(30(33)34)24-20-16-12-8-6-10-14-18-22-26(3)4/h25-28H,5-24H2,1-4H3,(H,31,32)(H,33,34). The fourth-order valence-electron chi connectivity index (χ4n) is 4.95. The van der Waals surface area contributed by atoms with Crippen LogP contribution in [0.15, 0.2) is 0 Å². The Balaban J connectivity index is 3.96. The van der Waals surface area contributed by atoms with Crippen molar-refractivity contribution in [3.05, 3.63) is 0 Å². The number of carboxylic acids is 2. The van der Waals surface area contributed by atoms with E-state index in [0.29, 0.717) is 12.8 Å². The Bertz CT molecular complexity index is 442. The Hall–Kier alpha value is -1.06. The third kappa shape index (κ3) is 20.3. The van der Waals surface area contributed by atoms with Crippen molar-refractivity contribution >= 4 is 11.9 Å². The van der Waals surface area contributed by atoms with E-state index >= 15 is 0 Å². The smallest absolute Gasteiger partial charge is 0.307 e. The quantitative estimate of drug-likeness (QED) is 0.127. The summed E-state index contributed by atoms with van der Waals surface area (Å²) in [5.41, 5.74) is 0. The second-order valence-corrected chi connectivity index (χ2v) is 11.5. The van der Waals surface area contributed by atoms with Crippen molar-refractivity contribution in [2.75, 3.05) is 0 Å². The number of unbranched alkanes of at least 4 members (excludes halogenated alkanes) is 14. The van der Waals surface area contributed by atoms with Crippen molar-refractivity contribution in [2.24, 2.45) is 23.7 Å². The third-order valence-electron chi connectivity index (χ3n) is 7.21. The van der Waals surface area contributed by atoms with Gasteiger partial charge in [-0.25, -0.2) is 0 Å². The van der Waals surface area contributed by atoms with E-state index in [-0.39, 0.29) is 0 Å². The maximum atomic E-state index is 11.8. The van der Waals surface area contributed by atoms with Crippen molar-refractivity contribution in [1.82, 2.24) is 0 Å². The molecule has 0 aromatic heterocycles. The van der Waals surface area contributed by atoms with Gasteiger partial charge < -0.3 is 10.2 Å². The first-order valence-electron chi connectivity index (χ1n) is 14.7. The monoisotopic (exact) mass is 482 g/mol. The average molecular weight is 483 g/mol. The Labute approximate surface area is 211 Å². The molecule has 2 unspecified atom stereocenters. The molecule has 0 amide bonds. The number of carbonyl (C=O) groups is 2. The molecule has 2 atom stereocenters. The Morgan fingerprint density at radius 1 is 0.412 bits per heavy atom. The zero-order chi connectivity index (χ0) is 25.6. The van der Waals surface area contributed by atoms with E-state index in [2.05, 4.69) is 27.7 Å². The highest BCUT2D eigenvalue weighted by Gasteiger charge is 2.32. The summed E-state index contributed by atoms with van der Waals surface area (Å²) >= 11 is 0. The third-order valence-corrected chi connectivity index (χ3v) is 7.21. The van der Waals surface area contributed by atoms with Gasteiger partial charge in [0.25, 0.3) is 0 Å². The molecule has 0 aliphatic heterocycles. The lowest BCUT2D eigenvalue weighted by atomic mass is 9.84. The zero-order valence-corrected chi connectivity index (χ0v) is 23.2. The van der Waals surface area contributed by atoms with Crippen molar-refractivity contribution in [3.8, 4) is 0 Å². The second-order valence-electron chi connectivity index (χ2n) is 11.5. The van der Waals surface area contributed by atoms with Gasteiger partial charge in [-0.1, -0.05) is 143 Å². The van der Waals surface area contributed by atoms with Crippen LogP contribution in [0.25, 0.3) is 0 Å². The van der Waals surface area contributed by atoms with Crippen LogP contribution in [0, 0.1) is 23.7 Å². The van der Waals surface area contributed by atoms with Crippen LogP contribution in [0.3, 0.4) is 0 Å². The largest absolute Gasteiger partial charge is 0.481 e. The minimum atomic E-state index is -0.932. The summed E-state index contributed by atoms with van der Waals surface area (Å²) in [5, 5.41) is 19.3. The molecular weight excluding hydrogens is 424 g/mol. The van der Waals surface area contributed by atoms with E-state index in [0.717, 1.165) is 50.4 Å². The predicted molar refractivity (Wildman–Crippen MR) is 144 cm³/mol. The van der Waals surface area contributed by atoms with Crippen molar-refractivity contribution in [3.63, 3.8) is 0 Å². The van der Waals surface area contributed by atoms with Gasteiger partial charge in [0.05, 0.1) is 11.8 Å². The highest BCUT2D eigenvalue weighted by Crippen LogP contribution is 2.26. The molecule has 0 fully saturated rings. The molecule has 0 saturated heterocycles. The topological polar surface area (TPSA) is 74.6 Å². The lowest BCUT2D eigenvalue weighted by Gasteiger charge is -2.20. The zero-order valence-electron chi connectivity index (χ0n) is 23.2. The van der Waals surface area contributed by atoms with E-state index in [1.165, 1.54) is 77.0 Å². The molecule has 0 saturated carbocycles. The van der Waals surface area contributed by atoms with Crippen LogP contribution < -0.4 is 0 Å². The van der Waals surface area contributed by atoms with Crippen LogP contribution in [0.4, 0.5) is 0 Å². The van der Waals surface area contributed by atoms with Gasteiger partial charge in [0.15, 0.2) is 0 Å². The van der Waals surface area contributed by atoms with Crippen LogP contribution in [0.1, 0.15) is 156 Å². The molecule has 2 N–H and O–H groups in total. The molecule has 0 heterocycles. The van der Waals surface area contributed by atoms with Gasteiger partial charge in [-0.05, 0) is 24.7 Å². The highest BCUT2D eigenvalue weighted by atomic mass is 16.4. The first kappa shape index (κ1) is 32.9. The minimum absolute atomic E-state index is 0.497. The van der Waals surface area contributed by atoms with Gasteiger partial charge in [0.1, 0.15) is 0 Å². The van der Waals surface area contributed by atoms with Crippen molar-refractivity contribution < 1.29 is 19.8 Å². The number of hydrogen-bond acceptors (Lipinski definition) is 2. The molecule has 0 aromatic rings. The number of aliphatic carboxylic acids is 2. The number of hydrogen-bond donors (Lipinski definition) is 2. The van der Waals surface area contributed by atoms with Crippen LogP contribution >= 0.6 is 0 Å². The Morgan fingerprint density at radius 3 is 0.824 bits per heavy atom. The van der Waals surface area contributed by atoms with Crippen molar-refractivity contribution in [2.45, 2.75) is 156 Å². The Kier molecular flexibility index (Phi) is 21.7. The van der Waals surface area contributed by atoms with E-state index in [4.69, 9.17) is 0 Å². The highest BCUT2D eigenvalue weighted by molar-refractivity contribution is 5.79. The normalized spacial score (nSPS) is 13.5. The molecule has 0 aliphatic rings. The van der Waals surface area contributed by atoms with E-state index in [1.807, 2.05) is 0 Å². The first-order chi connectivity index (χ1) is 16.3. The van der Waals surface area contributed by atoms with Gasteiger partial charge >= 0.3 is 11.9 Å². The molecule has 202 valence electrons. The summed E-state index contributed by atoms with van der Waals surface area (Å²) in [6.07, 6.45) is 22.4. The van der Waals surface area contributed by atoms with Crippen LogP contribution in [0.5, 0.6) is 0 Å². The maximum absolute atomic E-state index is 11.8. The minimum Gasteiger partial charge on any atom is -0.481 e. The van der Waals surface area contributed by atoms with Gasteiger partial charge in [0.2, 0.25) is 0 Å². The molecule has 4 nitrogen and oxygen atoms in total. The molecule has 4 heteroatoms. The number of rotatable bonds is 25. The SMILES string of the molecule is CC(C)CCCCCCCCCCC(C(=O)O)C(CCCCCCCCCCC(C)C)C(=O)O. The van der Waals surface area contributed by atoms with Crippen LogP contribution in [-0.4, -0.2) is 22.2 Å². The fourth-order valence-corrected chi connectivity index (χ4v) is 4.95. The van der Waals surface area contributed by atoms with Crippen LogP contribution in [-0.2, 0) is 9.59 Å². The van der Waals surface area contributed by atoms with Gasteiger partial charge in [-0.15, -0.1) is 0 Å². The lowest BCUT2D eigenvalue weighted by molar-refractivity contribution is -0.154. The summed E-state index contributed by atoms with van der Waals surface area (Å²) in [5.74, 6) is -1.75. The fraction of sp³-hybridized carbons (Fsp3) is 0.933. The van der Waals surface area contributed by atoms with Crippen molar-refractivity contribution in [1.29, 1.82) is 0 Å². The molecular formula is C30H58O4. The molecule has 34 heavy (non-hydrogen) atoms. The van der Waals surface area contributed by atoms with Gasteiger partial charge in [0, 0.05) is 0 Å². The molecule has 0 aromatic carbocycles. The molecule has 0 bridgehead atoms. The van der Waals surface area contributed by atoms with E-state index in [1.54, 1.807) is 0 Å². The first-order valence-corrected chi connectivity index (χ1v) is 14.7. The molecule has 0 aliphatic carbocycles. The molecule has 0 radical (unpaired) electrons. The summed E-state index contributed by atoms with van der Waals surface area (Å²) < 4.78 is 0. The van der Waals surface area contributed by atoms with Crippen LogP contribution in [0.2, 0.25) is 0 Å². The average Bonchev–Trinajstić information content (AvgIpc) is 2.76. The number of carboxylic acid groups (broad SMARTS) is 2. The lowest BCUT2D eigenvalue weighted by Crippen LogP contribution is -2.30. The second kappa shape index (κ2) is 22.4. The van der Waals surface area contributed by atoms with Gasteiger partial charge in [-0.2, -0.15) is 0 Å². The summed E-state index contributed by atoms with van der Waals surface area (Å²) in [4.78, 5) is 23.6. The summed E-state index contributed by atoms with van der Waals surface area (Å²) in [6, 6.07) is 0. The van der Waals surface area contributed by atoms with E-state index < -0.39 is 23.8 Å². The Morgan fingerprint density at radius 2 is 0.618 bits per heavy atom. The summed E-state index contributed by atoms with van der Waals surface area (Å²) in [6.45, 7) is 9.10. The predicted octanol–water partition coefficient (Wildman–Crippen LogP) is 9.50. The maximum Gasteiger partial charge on any atom is 0.307 e. The summed E-state index contributed by atoms with van der Waals surface area (Å²) in [7, 11) is 0. The van der Waals surface area contributed by atoms with Gasteiger partial charge in [-0.3, -0.25) is 9.59 Å². The molecule has 0 spiro atoms. The van der Waals surface area contributed by atoms with E-state index in [9.17, 15) is 19.8 Å².